The Bertz CT molecular complexity index is 1990. The summed E-state index contributed by atoms with van der Waals surface area (Å²) in [4.78, 5) is 50.8. The minimum atomic E-state index is -1.10. The Morgan fingerprint density at radius 3 is 2.58 bits per heavy atom. The van der Waals surface area contributed by atoms with E-state index in [-0.39, 0.29) is 33.6 Å². The van der Waals surface area contributed by atoms with Gasteiger partial charge in [-0.2, -0.15) is 0 Å². The van der Waals surface area contributed by atoms with E-state index in [1.54, 1.807) is 60.8 Å². The lowest BCUT2D eigenvalue weighted by molar-refractivity contribution is -0.132. The van der Waals surface area contributed by atoms with Crippen molar-refractivity contribution in [3.05, 3.63) is 130 Å². The van der Waals surface area contributed by atoms with Crippen LogP contribution in [-0.2, 0) is 20.9 Å². The van der Waals surface area contributed by atoms with E-state index in [0.29, 0.717) is 35.0 Å². The smallest absolute Gasteiger partial charge is 0.350 e. The lowest BCUT2D eigenvalue weighted by Gasteiger charge is -2.23. The van der Waals surface area contributed by atoms with Crippen LogP contribution in [0, 0.1) is 13.8 Å². The van der Waals surface area contributed by atoms with Crippen molar-refractivity contribution in [3.63, 3.8) is 0 Å². The molecule has 6 rings (SSSR count). The number of esters is 1. The predicted molar refractivity (Wildman–Crippen MR) is 169 cm³/mol. The van der Waals surface area contributed by atoms with Crippen molar-refractivity contribution in [2.75, 3.05) is 11.5 Å². The van der Waals surface area contributed by atoms with Gasteiger partial charge in [0.25, 0.3) is 5.78 Å². The van der Waals surface area contributed by atoms with E-state index >= 15 is 0 Å². The molecule has 1 amide bonds. The van der Waals surface area contributed by atoms with Crippen molar-refractivity contribution in [2.24, 2.45) is 0 Å². The molecule has 1 saturated heterocycles. The minimum absolute atomic E-state index is 0.00442. The summed E-state index contributed by atoms with van der Waals surface area (Å²) >= 11 is 0.928. The molecule has 0 saturated carbocycles. The molecule has 1 atom stereocenters. The van der Waals surface area contributed by atoms with Gasteiger partial charge in [0.2, 0.25) is 0 Å². The highest BCUT2D eigenvalue weighted by molar-refractivity contribution is 7.17. The number of benzene rings is 2. The summed E-state index contributed by atoms with van der Waals surface area (Å²) < 4.78 is 12.9. The summed E-state index contributed by atoms with van der Waals surface area (Å²) in [5, 5.41) is 11.9. The number of aliphatic hydroxyl groups is 1. The monoisotopic (exact) mass is 620 g/mol. The van der Waals surface area contributed by atoms with Gasteiger partial charge in [-0.05, 0) is 49.2 Å². The summed E-state index contributed by atoms with van der Waals surface area (Å²) in [6.07, 6.45) is 3.17. The van der Waals surface area contributed by atoms with Gasteiger partial charge >= 0.3 is 11.9 Å². The maximum Gasteiger partial charge on any atom is 0.350 e. The first-order valence-electron chi connectivity index (χ1n) is 14.1. The predicted octanol–water partition coefficient (Wildman–Crippen LogP) is 5.96. The second kappa shape index (κ2) is 12.2. The number of pyridine rings is 1. The van der Waals surface area contributed by atoms with Gasteiger partial charge in [0.05, 0.1) is 23.0 Å². The molecule has 0 spiro atoms. The van der Waals surface area contributed by atoms with Crippen LogP contribution < -0.4 is 9.64 Å². The first kappa shape index (κ1) is 29.5. The highest BCUT2D eigenvalue weighted by atomic mass is 32.1. The van der Waals surface area contributed by atoms with Crippen LogP contribution in [0.2, 0.25) is 0 Å². The van der Waals surface area contributed by atoms with Gasteiger partial charge < -0.3 is 14.6 Å². The molecule has 3 aromatic heterocycles. The zero-order chi connectivity index (χ0) is 31.7. The van der Waals surface area contributed by atoms with E-state index < -0.39 is 23.7 Å². The number of amides is 1. The number of hydrogen-bond donors (Lipinski definition) is 1. The Morgan fingerprint density at radius 1 is 1.02 bits per heavy atom. The molecular formula is C34H28N4O6S. The number of carbonyl (C=O) groups excluding carboxylic acids is 3. The third kappa shape index (κ3) is 5.49. The molecular weight excluding hydrogens is 592 g/mol. The van der Waals surface area contributed by atoms with Crippen molar-refractivity contribution >= 4 is 45.5 Å². The summed E-state index contributed by atoms with van der Waals surface area (Å²) in [5.74, 6) is -2.31. The van der Waals surface area contributed by atoms with Crippen LogP contribution in [-0.4, -0.2) is 43.7 Å². The van der Waals surface area contributed by atoms with Crippen molar-refractivity contribution in [1.82, 2.24) is 14.4 Å². The Labute approximate surface area is 262 Å². The van der Waals surface area contributed by atoms with Gasteiger partial charge in [-0.25, -0.2) is 14.8 Å². The lowest BCUT2D eigenvalue weighted by Crippen LogP contribution is -2.29. The maximum atomic E-state index is 13.8. The molecule has 0 radical (unpaired) electrons. The van der Waals surface area contributed by atoms with Crippen LogP contribution in [0.1, 0.15) is 43.9 Å². The number of aromatic nitrogens is 3. The van der Waals surface area contributed by atoms with Crippen LogP contribution in [0.15, 0.2) is 97.2 Å². The zero-order valence-electron chi connectivity index (χ0n) is 24.5. The average molecular weight is 621 g/mol. The third-order valence-corrected chi connectivity index (χ3v) is 8.44. The van der Waals surface area contributed by atoms with Crippen LogP contribution in [0.3, 0.4) is 0 Å². The number of Topliss-reactive ketones (excluding diaryl/α,β-unsaturated/α-hetero) is 1. The number of rotatable bonds is 9. The Morgan fingerprint density at radius 2 is 1.80 bits per heavy atom. The second-order valence-electron chi connectivity index (χ2n) is 10.3. The van der Waals surface area contributed by atoms with E-state index in [9.17, 15) is 19.5 Å². The number of thiazole rings is 1. The summed E-state index contributed by atoms with van der Waals surface area (Å²) in [6, 6.07) is 20.9. The summed E-state index contributed by atoms with van der Waals surface area (Å²) in [5.41, 5.74) is 2.98. The number of ether oxygens (including phenoxy) is 2. The van der Waals surface area contributed by atoms with Crippen LogP contribution in [0.25, 0.3) is 11.4 Å². The fraction of sp³-hybridized carbons (Fsp3) is 0.147. The molecule has 4 heterocycles. The molecule has 1 unspecified atom stereocenters. The van der Waals surface area contributed by atoms with E-state index in [2.05, 4.69) is 16.5 Å². The number of nitrogens with zero attached hydrogens (tertiary/aromatic N) is 4. The van der Waals surface area contributed by atoms with Crippen molar-refractivity contribution in [2.45, 2.75) is 26.5 Å². The molecule has 2 aromatic carbocycles. The fourth-order valence-electron chi connectivity index (χ4n) is 5.26. The van der Waals surface area contributed by atoms with Gasteiger partial charge in [-0.1, -0.05) is 72.5 Å². The normalized spacial score (nSPS) is 15.9. The molecule has 1 aliphatic rings. The van der Waals surface area contributed by atoms with Gasteiger partial charge in [-0.15, -0.1) is 0 Å². The van der Waals surface area contributed by atoms with E-state index in [4.69, 9.17) is 9.47 Å². The average Bonchev–Trinajstić information content (AvgIpc) is 3.69. The van der Waals surface area contributed by atoms with Crippen LogP contribution in [0.5, 0.6) is 5.75 Å². The maximum absolute atomic E-state index is 13.8. The van der Waals surface area contributed by atoms with E-state index in [1.165, 1.54) is 11.0 Å². The lowest BCUT2D eigenvalue weighted by atomic mass is 9.96. The fourth-order valence-corrected chi connectivity index (χ4v) is 6.25. The topological polar surface area (TPSA) is 123 Å². The molecule has 0 aliphatic carbocycles. The second-order valence-corrected chi connectivity index (χ2v) is 11.3. The summed E-state index contributed by atoms with van der Waals surface area (Å²) in [6.45, 7) is 7.21. The van der Waals surface area contributed by atoms with Crippen molar-refractivity contribution < 1.29 is 29.0 Å². The number of carbonyl (C=O) groups is 3. The van der Waals surface area contributed by atoms with Gasteiger partial charge in [0.15, 0.2) is 10.9 Å². The Hall–Kier alpha value is -5.55. The first-order valence-corrected chi connectivity index (χ1v) is 14.9. The van der Waals surface area contributed by atoms with E-state index in [0.717, 1.165) is 16.9 Å². The number of aliphatic hydroxyl groups excluding tert-OH is 1. The number of aryl methyl sites for hydroxylation is 2. The van der Waals surface area contributed by atoms with Crippen LogP contribution >= 0.6 is 11.3 Å². The molecule has 11 heteroatoms. The quantitative estimate of drug-likeness (QED) is 0.0705. The highest BCUT2D eigenvalue weighted by Crippen LogP contribution is 2.45. The van der Waals surface area contributed by atoms with Gasteiger partial charge in [0.1, 0.15) is 35.2 Å². The number of anilines is 1. The van der Waals surface area contributed by atoms with Crippen molar-refractivity contribution in [1.29, 1.82) is 0 Å². The standard InChI is InChI=1S/C34H28N4O6S/c1-4-17-43-33(42)31-21(3)36-34(45-31)38-28(23-13-10-14-24(18-23)44-19-22-11-6-5-7-12-22)26(30(40)32(38)41)29(39)27-20(2)35-25-15-8-9-16-37(25)27/h4-16,18,28,39H,1,17,19H2,2-3H3. The van der Waals surface area contributed by atoms with Crippen LogP contribution in [0.4, 0.5) is 5.13 Å². The molecule has 45 heavy (non-hydrogen) atoms. The number of hydrogen-bond acceptors (Lipinski definition) is 9. The number of imidazole rings is 1. The third-order valence-electron chi connectivity index (χ3n) is 7.30. The van der Waals surface area contributed by atoms with E-state index in [1.807, 2.05) is 36.4 Å². The number of fused-ring (bicyclic) bond motifs is 1. The molecule has 226 valence electrons. The molecule has 0 bridgehead atoms. The SMILES string of the molecule is C=CCOC(=O)c1sc(N2C(=O)C(=O)C(=C(O)c3c(C)nc4ccccn34)C2c2cccc(OCc3ccccc3)c2)nc1C. The van der Waals surface area contributed by atoms with Crippen molar-refractivity contribution in [3.8, 4) is 5.75 Å². The zero-order valence-corrected chi connectivity index (χ0v) is 25.3. The summed E-state index contributed by atoms with van der Waals surface area (Å²) in [7, 11) is 0. The molecule has 1 N–H and O–H groups in total. The molecule has 1 aliphatic heterocycles. The van der Waals surface area contributed by atoms with Gasteiger partial charge in [-0.3, -0.25) is 18.9 Å². The molecule has 10 nitrogen and oxygen atoms in total. The number of ketones is 1. The Kier molecular flexibility index (Phi) is 8.01. The molecule has 5 aromatic rings. The first-order chi connectivity index (χ1) is 21.8. The Balaban J connectivity index is 1.49. The minimum Gasteiger partial charge on any atom is -0.505 e. The van der Waals surface area contributed by atoms with Gasteiger partial charge in [0, 0.05) is 6.20 Å². The highest BCUT2D eigenvalue weighted by Gasteiger charge is 2.49. The largest absolute Gasteiger partial charge is 0.505 e. The molecule has 1 fully saturated rings.